The molecule has 1 atom stereocenters. The lowest BCUT2D eigenvalue weighted by Gasteiger charge is -2.24. The summed E-state index contributed by atoms with van der Waals surface area (Å²) in [6, 6.07) is 4.23. The fourth-order valence-electron chi connectivity index (χ4n) is 1.82. The van der Waals surface area contributed by atoms with E-state index >= 15 is 0 Å². The average Bonchev–Trinajstić information content (AvgIpc) is 2.18. The van der Waals surface area contributed by atoms with Gasteiger partial charge in [-0.3, -0.25) is 0 Å². The number of rotatable bonds is 3. The Balaban J connectivity index is 2.22. The highest BCUT2D eigenvalue weighted by molar-refractivity contribution is 5.15. The van der Waals surface area contributed by atoms with Crippen molar-refractivity contribution in [2.75, 3.05) is 0 Å². The van der Waals surface area contributed by atoms with Crippen LogP contribution in [0.3, 0.4) is 0 Å². The zero-order chi connectivity index (χ0) is 10.7. The van der Waals surface area contributed by atoms with Crippen LogP contribution in [0.15, 0.2) is 12.3 Å². The maximum atomic E-state index is 8.95. The average molecular weight is 201 g/mol. The molecule has 0 N–H and O–H groups in total. The summed E-state index contributed by atoms with van der Waals surface area (Å²) in [4.78, 5) is 8.69. The molecule has 1 aliphatic rings. The molecular weight excluding hydrogens is 186 g/mol. The Hall–Kier alpha value is -1.43. The van der Waals surface area contributed by atoms with Crippen LogP contribution >= 0.6 is 0 Å². The van der Waals surface area contributed by atoms with Gasteiger partial charge in [-0.1, -0.05) is 13.3 Å². The van der Waals surface area contributed by atoms with Crippen molar-refractivity contribution >= 4 is 0 Å². The molecule has 0 saturated heterocycles. The van der Waals surface area contributed by atoms with Crippen LogP contribution in [0.25, 0.3) is 0 Å². The third kappa shape index (κ3) is 1.99. The summed E-state index contributed by atoms with van der Waals surface area (Å²) in [5.41, 5.74) is 1.12. The summed E-state index contributed by atoms with van der Waals surface area (Å²) in [5.74, 6) is 1.16. The van der Waals surface area contributed by atoms with Crippen molar-refractivity contribution in [1.82, 2.24) is 9.97 Å². The number of hydrogen-bond donors (Lipinski definition) is 0. The highest BCUT2D eigenvalue weighted by Gasteiger charge is 2.22. The van der Waals surface area contributed by atoms with Crippen LogP contribution in [0.2, 0.25) is 0 Å². The van der Waals surface area contributed by atoms with Gasteiger partial charge < -0.3 is 0 Å². The van der Waals surface area contributed by atoms with Crippen molar-refractivity contribution in [1.29, 1.82) is 5.26 Å². The standard InChI is InChI=1S/C12H15N3/c1-2-9(8-13)12-14-7-6-11(15-12)10-4-3-5-10/h6-7,9-10H,2-5H2,1H3. The minimum absolute atomic E-state index is 0.148. The van der Waals surface area contributed by atoms with Crippen LogP contribution in [0, 0.1) is 11.3 Å². The Bertz CT molecular complexity index is 377. The fraction of sp³-hybridized carbons (Fsp3) is 0.583. The van der Waals surface area contributed by atoms with Gasteiger partial charge in [0.1, 0.15) is 11.7 Å². The molecule has 1 saturated carbocycles. The quantitative estimate of drug-likeness (QED) is 0.755. The molecule has 0 radical (unpaired) electrons. The minimum Gasteiger partial charge on any atom is -0.240 e. The SMILES string of the molecule is CCC(C#N)c1nccc(C2CCC2)n1. The molecule has 1 aromatic heterocycles. The van der Waals surface area contributed by atoms with Crippen molar-refractivity contribution in [3.8, 4) is 6.07 Å². The van der Waals surface area contributed by atoms with Gasteiger partial charge in [0.05, 0.1) is 6.07 Å². The molecule has 1 aliphatic carbocycles. The molecule has 1 fully saturated rings. The Labute approximate surface area is 90.2 Å². The summed E-state index contributed by atoms with van der Waals surface area (Å²) < 4.78 is 0. The number of nitrogens with zero attached hydrogens (tertiary/aromatic N) is 3. The van der Waals surface area contributed by atoms with Gasteiger partial charge in [0, 0.05) is 17.8 Å². The van der Waals surface area contributed by atoms with Gasteiger partial charge in [-0.05, 0) is 25.3 Å². The van der Waals surface area contributed by atoms with Crippen LogP contribution in [-0.4, -0.2) is 9.97 Å². The predicted molar refractivity (Wildman–Crippen MR) is 57.3 cm³/mol. The van der Waals surface area contributed by atoms with Gasteiger partial charge in [0.25, 0.3) is 0 Å². The van der Waals surface area contributed by atoms with Crippen molar-refractivity contribution in [2.24, 2.45) is 0 Å². The second-order valence-corrected chi connectivity index (χ2v) is 4.06. The monoisotopic (exact) mass is 201 g/mol. The smallest absolute Gasteiger partial charge is 0.145 e. The van der Waals surface area contributed by atoms with E-state index in [1.807, 2.05) is 13.0 Å². The van der Waals surface area contributed by atoms with E-state index in [1.165, 1.54) is 19.3 Å². The molecule has 0 spiro atoms. The Morgan fingerprint density at radius 1 is 1.60 bits per heavy atom. The zero-order valence-electron chi connectivity index (χ0n) is 8.98. The highest BCUT2D eigenvalue weighted by Crippen LogP contribution is 2.35. The molecule has 15 heavy (non-hydrogen) atoms. The largest absolute Gasteiger partial charge is 0.240 e. The van der Waals surface area contributed by atoms with Gasteiger partial charge in [0.2, 0.25) is 0 Å². The molecule has 2 rings (SSSR count). The second kappa shape index (κ2) is 4.39. The minimum atomic E-state index is -0.148. The zero-order valence-corrected chi connectivity index (χ0v) is 8.98. The first-order valence-corrected chi connectivity index (χ1v) is 5.57. The first kappa shape index (κ1) is 10.1. The predicted octanol–water partition coefficient (Wildman–Crippen LogP) is 2.76. The molecule has 1 unspecified atom stereocenters. The van der Waals surface area contributed by atoms with E-state index < -0.39 is 0 Å². The molecule has 0 aliphatic heterocycles. The second-order valence-electron chi connectivity index (χ2n) is 4.06. The van der Waals surface area contributed by atoms with Gasteiger partial charge in [-0.2, -0.15) is 5.26 Å². The lowest BCUT2D eigenvalue weighted by molar-refractivity contribution is 0.409. The fourth-order valence-corrected chi connectivity index (χ4v) is 1.82. The Kier molecular flexibility index (Phi) is 2.96. The van der Waals surface area contributed by atoms with Crippen LogP contribution in [0.4, 0.5) is 0 Å². The van der Waals surface area contributed by atoms with Crippen molar-refractivity contribution in [3.05, 3.63) is 23.8 Å². The molecular formula is C12H15N3. The molecule has 78 valence electrons. The van der Waals surface area contributed by atoms with E-state index in [-0.39, 0.29) is 5.92 Å². The van der Waals surface area contributed by atoms with E-state index in [1.54, 1.807) is 6.20 Å². The summed E-state index contributed by atoms with van der Waals surface area (Å²) in [5, 5.41) is 8.95. The maximum absolute atomic E-state index is 8.95. The molecule has 1 heterocycles. The maximum Gasteiger partial charge on any atom is 0.145 e. The summed E-state index contributed by atoms with van der Waals surface area (Å²) in [7, 11) is 0. The van der Waals surface area contributed by atoms with Crippen LogP contribution < -0.4 is 0 Å². The summed E-state index contributed by atoms with van der Waals surface area (Å²) in [6.45, 7) is 1.99. The lowest BCUT2D eigenvalue weighted by atomic mass is 9.83. The molecule has 0 aromatic carbocycles. The van der Waals surface area contributed by atoms with E-state index in [2.05, 4.69) is 16.0 Å². The van der Waals surface area contributed by atoms with Gasteiger partial charge in [-0.25, -0.2) is 9.97 Å². The highest BCUT2D eigenvalue weighted by atomic mass is 14.9. The Morgan fingerprint density at radius 2 is 2.40 bits per heavy atom. The van der Waals surface area contributed by atoms with Crippen LogP contribution in [0.1, 0.15) is 56.0 Å². The number of aromatic nitrogens is 2. The van der Waals surface area contributed by atoms with Crippen LogP contribution in [-0.2, 0) is 0 Å². The molecule has 1 aromatic rings. The van der Waals surface area contributed by atoms with E-state index in [0.717, 1.165) is 12.1 Å². The summed E-state index contributed by atoms with van der Waals surface area (Å²) in [6.07, 6.45) is 6.35. The first-order chi connectivity index (χ1) is 7.35. The third-order valence-electron chi connectivity index (χ3n) is 3.09. The van der Waals surface area contributed by atoms with Gasteiger partial charge in [0.15, 0.2) is 0 Å². The number of hydrogen-bond acceptors (Lipinski definition) is 3. The molecule has 3 nitrogen and oxygen atoms in total. The first-order valence-electron chi connectivity index (χ1n) is 5.57. The third-order valence-corrected chi connectivity index (χ3v) is 3.09. The lowest BCUT2D eigenvalue weighted by Crippen LogP contribution is -2.13. The van der Waals surface area contributed by atoms with Gasteiger partial charge in [-0.15, -0.1) is 0 Å². The van der Waals surface area contributed by atoms with E-state index in [0.29, 0.717) is 11.7 Å². The van der Waals surface area contributed by atoms with Gasteiger partial charge >= 0.3 is 0 Å². The van der Waals surface area contributed by atoms with Crippen LogP contribution in [0.5, 0.6) is 0 Å². The van der Waals surface area contributed by atoms with E-state index in [9.17, 15) is 0 Å². The van der Waals surface area contributed by atoms with Crippen molar-refractivity contribution in [2.45, 2.75) is 44.4 Å². The van der Waals surface area contributed by atoms with Crippen molar-refractivity contribution in [3.63, 3.8) is 0 Å². The molecule has 3 heteroatoms. The topological polar surface area (TPSA) is 49.6 Å². The number of nitriles is 1. The Morgan fingerprint density at radius 3 is 2.93 bits per heavy atom. The molecule has 0 amide bonds. The summed E-state index contributed by atoms with van der Waals surface area (Å²) >= 11 is 0. The van der Waals surface area contributed by atoms with E-state index in [4.69, 9.17) is 5.26 Å². The normalized spacial score (nSPS) is 17.9. The van der Waals surface area contributed by atoms with Crippen molar-refractivity contribution < 1.29 is 0 Å². The molecule has 0 bridgehead atoms.